The van der Waals surface area contributed by atoms with Gasteiger partial charge >= 0.3 is 0 Å². The minimum absolute atomic E-state index is 0.410. The highest BCUT2D eigenvalue weighted by molar-refractivity contribution is 9.13. The van der Waals surface area contributed by atoms with E-state index in [-0.39, 0.29) is 0 Å². The maximum Gasteiger partial charge on any atom is 0.0320 e. The van der Waals surface area contributed by atoms with E-state index >= 15 is 0 Å². The molecule has 0 amide bonds. The summed E-state index contributed by atoms with van der Waals surface area (Å²) in [5, 5.41) is 3.45. The molecule has 1 atom stereocenters. The fourth-order valence-electron chi connectivity index (χ4n) is 1.41. The molecule has 0 aliphatic carbocycles. The van der Waals surface area contributed by atoms with Crippen LogP contribution in [0.2, 0.25) is 0 Å². The van der Waals surface area contributed by atoms with Crippen LogP contribution in [0.25, 0.3) is 0 Å². The molecule has 16 heavy (non-hydrogen) atoms. The van der Waals surface area contributed by atoms with Crippen LogP contribution < -0.4 is 5.32 Å². The molecule has 1 aromatic rings. The van der Waals surface area contributed by atoms with Crippen LogP contribution in [0.4, 0.5) is 0 Å². The second-order valence-electron chi connectivity index (χ2n) is 3.64. The third-order valence-electron chi connectivity index (χ3n) is 2.44. The largest absolute Gasteiger partial charge is 0.309 e. The standard InChI is InChI=1S/C13H15Br2N/c1-3-5-11(4-2)16-9-10-6-7-12(14)13(15)8-10/h1,6-8,11,16H,4-5,9H2,2H3. The fraction of sp³-hybridized carbons (Fsp3) is 0.385. The molecular formula is C13H15Br2N. The zero-order valence-corrected chi connectivity index (χ0v) is 12.4. The van der Waals surface area contributed by atoms with Crippen molar-refractivity contribution in [2.45, 2.75) is 32.4 Å². The van der Waals surface area contributed by atoms with Crippen LogP contribution in [-0.4, -0.2) is 6.04 Å². The predicted molar refractivity (Wildman–Crippen MR) is 76.2 cm³/mol. The molecule has 1 rings (SSSR count). The van der Waals surface area contributed by atoms with Gasteiger partial charge in [0.1, 0.15) is 0 Å². The van der Waals surface area contributed by atoms with Gasteiger partial charge in [0, 0.05) is 28.0 Å². The molecule has 86 valence electrons. The molecule has 0 aliphatic heterocycles. The van der Waals surface area contributed by atoms with Crippen LogP contribution >= 0.6 is 31.9 Å². The minimum atomic E-state index is 0.410. The molecule has 1 unspecified atom stereocenters. The Morgan fingerprint density at radius 1 is 1.38 bits per heavy atom. The van der Waals surface area contributed by atoms with E-state index in [4.69, 9.17) is 6.42 Å². The van der Waals surface area contributed by atoms with E-state index in [1.54, 1.807) is 0 Å². The predicted octanol–water partition coefficient (Wildman–Crippen LogP) is 4.10. The van der Waals surface area contributed by atoms with Crippen molar-refractivity contribution in [1.82, 2.24) is 5.32 Å². The van der Waals surface area contributed by atoms with E-state index in [1.807, 2.05) is 6.07 Å². The second kappa shape index (κ2) is 7.11. The molecule has 3 heteroatoms. The zero-order valence-electron chi connectivity index (χ0n) is 9.26. The lowest BCUT2D eigenvalue weighted by atomic mass is 10.1. The van der Waals surface area contributed by atoms with Crippen LogP contribution in [0.1, 0.15) is 25.3 Å². The summed E-state index contributed by atoms with van der Waals surface area (Å²) in [5.74, 6) is 2.70. The van der Waals surface area contributed by atoms with E-state index in [0.717, 1.165) is 28.3 Å². The van der Waals surface area contributed by atoms with E-state index in [0.29, 0.717) is 6.04 Å². The summed E-state index contributed by atoms with van der Waals surface area (Å²) >= 11 is 6.95. The molecule has 1 nitrogen and oxygen atoms in total. The van der Waals surface area contributed by atoms with E-state index in [2.05, 4.69) is 62.2 Å². The van der Waals surface area contributed by atoms with Crippen molar-refractivity contribution in [2.24, 2.45) is 0 Å². The number of terminal acetylenes is 1. The average molecular weight is 345 g/mol. The first-order valence-corrected chi connectivity index (χ1v) is 6.86. The van der Waals surface area contributed by atoms with Crippen molar-refractivity contribution in [3.05, 3.63) is 32.7 Å². The molecule has 0 fully saturated rings. The van der Waals surface area contributed by atoms with Crippen molar-refractivity contribution in [1.29, 1.82) is 0 Å². The molecule has 1 aromatic carbocycles. The fourth-order valence-corrected chi connectivity index (χ4v) is 2.09. The van der Waals surface area contributed by atoms with Crippen LogP contribution in [0.5, 0.6) is 0 Å². The van der Waals surface area contributed by atoms with E-state index in [9.17, 15) is 0 Å². The molecular weight excluding hydrogens is 330 g/mol. The third-order valence-corrected chi connectivity index (χ3v) is 4.32. The van der Waals surface area contributed by atoms with Gasteiger partial charge in [-0.3, -0.25) is 0 Å². The first kappa shape index (κ1) is 13.8. The highest BCUT2D eigenvalue weighted by Crippen LogP contribution is 2.23. The monoisotopic (exact) mass is 343 g/mol. The Morgan fingerprint density at radius 2 is 2.12 bits per heavy atom. The minimum Gasteiger partial charge on any atom is -0.309 e. The van der Waals surface area contributed by atoms with Gasteiger partial charge in [-0.1, -0.05) is 13.0 Å². The lowest BCUT2D eigenvalue weighted by Crippen LogP contribution is -2.27. The van der Waals surface area contributed by atoms with E-state index in [1.165, 1.54) is 5.56 Å². The highest BCUT2D eigenvalue weighted by Gasteiger charge is 2.04. The zero-order chi connectivity index (χ0) is 12.0. The first-order valence-electron chi connectivity index (χ1n) is 5.28. The molecule has 0 bridgehead atoms. The summed E-state index contributed by atoms with van der Waals surface area (Å²) in [6.45, 7) is 3.00. The smallest absolute Gasteiger partial charge is 0.0320 e. The number of hydrogen-bond donors (Lipinski definition) is 1. The number of rotatable bonds is 5. The molecule has 0 saturated carbocycles. The molecule has 0 saturated heterocycles. The number of benzene rings is 1. The van der Waals surface area contributed by atoms with Crippen LogP contribution in [0, 0.1) is 12.3 Å². The van der Waals surface area contributed by atoms with Gasteiger partial charge in [0.2, 0.25) is 0 Å². The second-order valence-corrected chi connectivity index (χ2v) is 5.35. The number of hydrogen-bond acceptors (Lipinski definition) is 1. The Morgan fingerprint density at radius 3 is 2.69 bits per heavy atom. The summed E-state index contributed by atoms with van der Waals surface area (Å²) in [4.78, 5) is 0. The maximum atomic E-state index is 5.31. The van der Waals surface area contributed by atoms with Crippen molar-refractivity contribution in [3.63, 3.8) is 0 Å². The normalized spacial score (nSPS) is 12.1. The highest BCUT2D eigenvalue weighted by atomic mass is 79.9. The Hall–Kier alpha value is -0.300. The van der Waals surface area contributed by atoms with Gasteiger partial charge in [-0.15, -0.1) is 12.3 Å². The summed E-state index contributed by atoms with van der Waals surface area (Å²) in [7, 11) is 0. The van der Waals surface area contributed by atoms with Gasteiger partial charge in [0.05, 0.1) is 0 Å². The quantitative estimate of drug-likeness (QED) is 0.793. The third kappa shape index (κ3) is 4.29. The molecule has 1 N–H and O–H groups in total. The average Bonchev–Trinajstić information content (AvgIpc) is 2.28. The summed E-state index contributed by atoms with van der Waals surface area (Å²) in [5.41, 5.74) is 1.26. The first-order chi connectivity index (χ1) is 7.67. The lowest BCUT2D eigenvalue weighted by molar-refractivity contribution is 0.506. The molecule has 0 aromatic heterocycles. The van der Waals surface area contributed by atoms with Gasteiger partial charge in [-0.2, -0.15) is 0 Å². The SMILES string of the molecule is C#CCC(CC)NCc1ccc(Br)c(Br)c1. The van der Waals surface area contributed by atoms with Crippen LogP contribution in [-0.2, 0) is 6.54 Å². The summed E-state index contributed by atoms with van der Waals surface area (Å²) < 4.78 is 2.16. The topological polar surface area (TPSA) is 12.0 Å². The van der Waals surface area contributed by atoms with Crippen LogP contribution in [0.15, 0.2) is 27.1 Å². The molecule has 0 aliphatic rings. The summed E-state index contributed by atoms with van der Waals surface area (Å²) in [6, 6.07) is 6.67. The molecule has 0 radical (unpaired) electrons. The van der Waals surface area contributed by atoms with Crippen molar-refractivity contribution in [2.75, 3.05) is 0 Å². The van der Waals surface area contributed by atoms with Crippen molar-refractivity contribution >= 4 is 31.9 Å². The van der Waals surface area contributed by atoms with Crippen molar-refractivity contribution in [3.8, 4) is 12.3 Å². The van der Waals surface area contributed by atoms with Gasteiger partial charge in [0.25, 0.3) is 0 Å². The van der Waals surface area contributed by atoms with E-state index < -0.39 is 0 Å². The van der Waals surface area contributed by atoms with Crippen molar-refractivity contribution < 1.29 is 0 Å². The Labute approximate surface area is 114 Å². The van der Waals surface area contributed by atoms with Gasteiger partial charge in [-0.05, 0) is 56.0 Å². The Kier molecular flexibility index (Phi) is 6.12. The van der Waals surface area contributed by atoms with Gasteiger partial charge in [0.15, 0.2) is 0 Å². The Bertz CT molecular complexity index is 382. The maximum absolute atomic E-state index is 5.31. The number of nitrogens with one attached hydrogen (secondary N) is 1. The molecule has 0 heterocycles. The molecule has 0 spiro atoms. The Balaban J connectivity index is 2.54. The lowest BCUT2D eigenvalue weighted by Gasteiger charge is -2.14. The van der Waals surface area contributed by atoms with Gasteiger partial charge in [-0.25, -0.2) is 0 Å². The number of halogens is 2. The van der Waals surface area contributed by atoms with Gasteiger partial charge < -0.3 is 5.32 Å². The van der Waals surface area contributed by atoms with Crippen LogP contribution in [0.3, 0.4) is 0 Å². The summed E-state index contributed by atoms with van der Waals surface area (Å²) in [6.07, 6.45) is 7.16.